The molecule has 6 fully saturated rings. The number of carbonyl (C=O) groups is 10. The number of likely N-dealkylation sites (tertiary alicyclic amines) is 1. The molecule has 0 aromatic heterocycles. The number of hydrogen-bond acceptors (Lipinski definition) is 22. The Morgan fingerprint density at radius 3 is 2.11 bits per heavy atom. The van der Waals surface area contributed by atoms with E-state index in [2.05, 4.69) is 0 Å². The average molecular weight is 1490 g/mol. The number of cyclic esters (lactones) is 2. The molecule has 592 valence electrons. The fraction of sp³-hybridized carbons (Fsp3) is 0.714. The zero-order chi connectivity index (χ0) is 77.8. The van der Waals surface area contributed by atoms with E-state index in [1.165, 1.54) is 19.1 Å². The predicted octanol–water partition coefficient (Wildman–Crippen LogP) is 11.4. The molecule has 5 aliphatic heterocycles. The largest absolute Gasteiger partial charge is 0.504 e. The average Bonchev–Trinajstić information content (AvgIpc) is 1.67. The normalized spacial score (nSPS) is 37.3. The maximum Gasteiger partial charge on any atom is 0.340 e. The van der Waals surface area contributed by atoms with Crippen LogP contribution in [-0.2, 0) is 85.8 Å². The first-order valence-electron chi connectivity index (χ1n) is 39.7. The van der Waals surface area contributed by atoms with Crippen molar-refractivity contribution in [3.05, 3.63) is 81.9 Å². The summed E-state index contributed by atoms with van der Waals surface area (Å²) in [4.78, 5) is 145. The van der Waals surface area contributed by atoms with Crippen LogP contribution in [0.15, 0.2) is 81.9 Å². The highest BCUT2D eigenvalue weighted by Gasteiger charge is 2.65. The van der Waals surface area contributed by atoms with E-state index >= 15 is 0 Å². The van der Waals surface area contributed by atoms with Crippen molar-refractivity contribution in [3.8, 4) is 0 Å². The number of ether oxygens (including phenoxy) is 8. The summed E-state index contributed by atoms with van der Waals surface area (Å²) in [6, 6.07) is -1.21. The Morgan fingerprint density at radius 1 is 0.757 bits per heavy atom. The van der Waals surface area contributed by atoms with Crippen molar-refractivity contribution in [2.75, 3.05) is 47.6 Å². The monoisotopic (exact) mass is 1490 g/mol. The van der Waals surface area contributed by atoms with E-state index in [1.54, 1.807) is 60.9 Å². The van der Waals surface area contributed by atoms with Gasteiger partial charge in [-0.15, -0.1) is 0 Å². The first-order valence-corrected chi connectivity index (χ1v) is 39.7. The first kappa shape index (κ1) is 84.3. The van der Waals surface area contributed by atoms with E-state index in [-0.39, 0.29) is 116 Å². The van der Waals surface area contributed by atoms with Gasteiger partial charge in [0.2, 0.25) is 11.6 Å². The van der Waals surface area contributed by atoms with Gasteiger partial charge in [-0.2, -0.15) is 0 Å². The number of nitrogens with zero attached hydrogens (tertiary/aromatic N) is 2. The third-order valence-electron chi connectivity index (χ3n) is 25.0. The number of esters is 4. The lowest BCUT2D eigenvalue weighted by atomic mass is 9.53. The number of piperidine rings is 2. The van der Waals surface area contributed by atoms with Crippen molar-refractivity contribution in [1.82, 2.24) is 9.80 Å². The van der Waals surface area contributed by atoms with Gasteiger partial charge in [0.05, 0.1) is 29.8 Å². The molecule has 2 bridgehead atoms. The number of unbranched alkanes of at least 4 members (excludes halogenated alkanes) is 3. The minimum atomic E-state index is -2.48. The van der Waals surface area contributed by atoms with Gasteiger partial charge < -0.3 is 63.0 Å². The van der Waals surface area contributed by atoms with Crippen LogP contribution < -0.4 is 0 Å². The Balaban J connectivity index is 0.815. The molecule has 4 saturated heterocycles. The molecule has 4 aliphatic carbocycles. The van der Waals surface area contributed by atoms with E-state index in [9.17, 15) is 63.3 Å². The Hall–Kier alpha value is -6.76. The van der Waals surface area contributed by atoms with Crippen molar-refractivity contribution in [2.24, 2.45) is 52.3 Å². The topological polar surface area (TPSA) is 312 Å². The van der Waals surface area contributed by atoms with Gasteiger partial charge in [-0.1, -0.05) is 90.8 Å². The van der Waals surface area contributed by atoms with E-state index in [1.807, 2.05) is 56.1 Å². The van der Waals surface area contributed by atoms with E-state index in [0.29, 0.717) is 121 Å². The smallest absolute Gasteiger partial charge is 0.340 e. The Labute approximate surface area is 632 Å². The first-order chi connectivity index (χ1) is 50.9. The minimum absolute atomic E-state index is 0.0189. The van der Waals surface area contributed by atoms with Crippen LogP contribution in [0.25, 0.3) is 0 Å². The lowest BCUT2D eigenvalue weighted by Gasteiger charge is -2.53. The molecule has 23 heteroatoms. The molecule has 107 heavy (non-hydrogen) atoms. The summed E-state index contributed by atoms with van der Waals surface area (Å²) in [6.45, 7) is 17.5. The van der Waals surface area contributed by atoms with Crippen LogP contribution in [0.1, 0.15) is 223 Å². The highest BCUT2D eigenvalue weighted by molar-refractivity contribution is 6.39. The molecule has 9 aliphatic rings. The van der Waals surface area contributed by atoms with Crippen LogP contribution >= 0.6 is 0 Å². The van der Waals surface area contributed by atoms with Crippen molar-refractivity contribution in [2.45, 2.75) is 283 Å². The summed E-state index contributed by atoms with van der Waals surface area (Å²) in [6.07, 6.45) is 17.2. The Kier molecular flexibility index (Phi) is 29.4. The number of rotatable bonds is 17. The maximum atomic E-state index is 14.8. The molecular weight excluding hydrogens is 1370 g/mol. The van der Waals surface area contributed by atoms with E-state index < -0.39 is 136 Å². The second-order valence-electron chi connectivity index (χ2n) is 32.8. The van der Waals surface area contributed by atoms with Crippen molar-refractivity contribution < 1.29 is 101 Å². The number of ketones is 5. The summed E-state index contributed by atoms with van der Waals surface area (Å²) in [5, 5.41) is 35.8. The molecule has 0 spiro atoms. The second kappa shape index (κ2) is 37.3. The van der Waals surface area contributed by atoms with Gasteiger partial charge in [0, 0.05) is 126 Å². The lowest BCUT2D eigenvalue weighted by molar-refractivity contribution is -0.265. The molecule has 9 rings (SSSR count). The SMILES string of the molecule is COC[C@H]1OC(=O)/C(=C/N2CCCCC2)C2=C(O)C(=O)C3=C([C@H](OC(=O)CCCCCCC(=O)OC4CCC(C[C@H](C)[C@@H]5CC(=O)[C@H](C)/C=C(\C)[C@@H](O)[C@@H](OC)C(=O)[C@H](C)C[C@H](C)/C=C/C=C/C=C(\C)[C@@H](OC)C[C@@H]6CC[C@@H](C)[C@@](O)(O6)C(=O)C(=O)N6CCCC[C@H]6C(=O)O5)CC4)C[C@]4(C)C(=O)CC[C@@H]34)[C@]21C. The summed E-state index contributed by atoms with van der Waals surface area (Å²) in [5.74, 6) is -11.9. The van der Waals surface area contributed by atoms with Gasteiger partial charge in [-0.25, -0.2) is 9.59 Å². The number of amides is 1. The molecule has 5 heterocycles. The van der Waals surface area contributed by atoms with Crippen LogP contribution in [0.4, 0.5) is 0 Å². The summed E-state index contributed by atoms with van der Waals surface area (Å²) >= 11 is 0. The summed E-state index contributed by atoms with van der Waals surface area (Å²) in [7, 11) is 4.40. The minimum Gasteiger partial charge on any atom is -0.504 e. The van der Waals surface area contributed by atoms with E-state index in [4.69, 9.17) is 37.9 Å². The number of fused-ring (bicyclic) bond motifs is 7. The fourth-order valence-corrected chi connectivity index (χ4v) is 18.4. The molecule has 0 aromatic carbocycles. The number of aliphatic hydroxyl groups excluding tert-OH is 2. The maximum absolute atomic E-state index is 14.8. The van der Waals surface area contributed by atoms with Gasteiger partial charge >= 0.3 is 23.9 Å². The van der Waals surface area contributed by atoms with Gasteiger partial charge in [0.25, 0.3) is 11.7 Å². The van der Waals surface area contributed by atoms with E-state index in [0.717, 1.165) is 24.8 Å². The molecule has 0 radical (unpaired) electrons. The standard InChI is InChI=1S/C84H120N2O21/c1-49-25-17-15-18-26-50(2)63(101-11)44-58-33-30-55(7)84(99,107-58)78(95)79(96)86-40-24-21-27-61(86)81(98)105-64(45-62(87)51(3)42-54(6)74(92)77(102-12)73(91)53(5)41-49)52(4)43-56-31-34-57(35-32-56)103-68(89)28-19-13-14-20-29-69(90)104-65-46-82(8)60(36-37-66(82)88)70-72(65)83(9)67(48-100-10)106-80(97)59(71(83)76(94)75(70)93)47-85-38-22-16-23-39-85/h15,17-18,25-26,42,47,49,51-53,55-58,60-61,63-65,67,74,77,92,94,99H,13-14,16,19-24,27-41,43-46,48H2,1-12H3/b18-15+,25-17+,50-26+,54-42+,59-47+/t49-,51-,52+,53-,55-,56?,57?,58+,60+,61+,63+,64+,65-,67-,74-,77+,82+,83+,84-/m1/s1. The summed E-state index contributed by atoms with van der Waals surface area (Å²) < 4.78 is 48.3. The molecule has 2 saturated carbocycles. The number of Topliss-reactive ketones (excluding diaryl/α,β-unsaturated/α-hetero) is 5. The van der Waals surface area contributed by atoms with Crippen molar-refractivity contribution >= 4 is 58.7 Å². The van der Waals surface area contributed by atoms with Gasteiger partial charge in [-0.05, 0) is 164 Å². The Morgan fingerprint density at radius 2 is 1.44 bits per heavy atom. The zero-order valence-corrected chi connectivity index (χ0v) is 65.4. The van der Waals surface area contributed by atoms with Crippen LogP contribution in [0, 0.1) is 52.3 Å². The van der Waals surface area contributed by atoms with Gasteiger partial charge in [0.1, 0.15) is 54.2 Å². The number of aliphatic hydroxyl groups is 3. The zero-order valence-electron chi connectivity index (χ0n) is 65.4. The molecule has 3 N–H and O–H groups in total. The van der Waals surface area contributed by atoms with Crippen LogP contribution in [0.5, 0.6) is 0 Å². The summed E-state index contributed by atoms with van der Waals surface area (Å²) in [5.41, 5.74) is -0.340. The van der Waals surface area contributed by atoms with Gasteiger partial charge in [0.15, 0.2) is 11.5 Å². The van der Waals surface area contributed by atoms with Crippen molar-refractivity contribution in [1.29, 1.82) is 0 Å². The number of methoxy groups -OCH3 is 3. The molecule has 0 unspecified atom stereocenters. The molecule has 23 nitrogen and oxygen atoms in total. The third kappa shape index (κ3) is 19.3. The molecule has 17 atom stereocenters. The molecule has 0 aromatic rings. The van der Waals surface area contributed by atoms with Crippen LogP contribution in [-0.4, -0.2) is 192 Å². The van der Waals surface area contributed by atoms with Crippen molar-refractivity contribution in [3.63, 3.8) is 0 Å². The molecular formula is C84H120N2O21. The highest BCUT2D eigenvalue weighted by Crippen LogP contribution is 2.63. The van der Waals surface area contributed by atoms with Crippen LogP contribution in [0.3, 0.4) is 0 Å². The number of carbonyl (C=O) groups excluding carboxylic acids is 10. The third-order valence-corrected chi connectivity index (χ3v) is 25.0. The lowest BCUT2D eigenvalue weighted by Crippen LogP contribution is -2.61. The number of allylic oxidation sites excluding steroid dienone is 7. The second-order valence-corrected chi connectivity index (χ2v) is 32.8. The predicted molar refractivity (Wildman–Crippen MR) is 396 cm³/mol. The Bertz CT molecular complexity index is 3510. The highest BCUT2D eigenvalue weighted by atomic mass is 16.6. The fourth-order valence-electron chi connectivity index (χ4n) is 18.4. The quantitative estimate of drug-likeness (QED) is 0.0304. The molecule has 1 amide bonds. The number of hydrogen-bond donors (Lipinski definition) is 3. The van der Waals surface area contributed by atoms with Gasteiger partial charge in [-0.3, -0.25) is 38.4 Å². The van der Waals surface area contributed by atoms with Crippen LogP contribution in [0.2, 0.25) is 0 Å².